The molecule has 0 fully saturated rings. The first-order chi connectivity index (χ1) is 7.08. The predicted octanol–water partition coefficient (Wildman–Crippen LogP) is 1.68. The van der Waals surface area contributed by atoms with E-state index in [0.717, 1.165) is 29.4 Å². The maximum absolute atomic E-state index is 9.26. The summed E-state index contributed by atoms with van der Waals surface area (Å²) in [7, 11) is 0. The monoisotopic (exact) mass is 434 g/mol. The Morgan fingerprint density at radius 1 is 0.800 bits per heavy atom. The highest BCUT2D eigenvalue weighted by molar-refractivity contribution is 14.1. The van der Waals surface area contributed by atoms with Crippen molar-refractivity contribution in [3.63, 3.8) is 0 Å². The molecular formula is C10H12I2O3. The van der Waals surface area contributed by atoms with E-state index in [1.165, 1.54) is 0 Å². The molecule has 0 spiro atoms. The van der Waals surface area contributed by atoms with Gasteiger partial charge in [-0.05, 0) is 68.8 Å². The highest BCUT2D eigenvalue weighted by Gasteiger charge is 2.17. The van der Waals surface area contributed by atoms with Gasteiger partial charge in [-0.1, -0.05) is 0 Å². The minimum atomic E-state index is -0.0726. The summed E-state index contributed by atoms with van der Waals surface area (Å²) in [5.41, 5.74) is 3.29. The van der Waals surface area contributed by atoms with Crippen LogP contribution >= 0.6 is 45.2 Å². The number of hydrogen-bond acceptors (Lipinski definition) is 3. The summed E-state index contributed by atoms with van der Waals surface area (Å²) in [5.74, 6) is 0. The van der Waals surface area contributed by atoms with E-state index in [2.05, 4.69) is 45.2 Å². The maximum atomic E-state index is 9.26. The minimum Gasteiger partial charge on any atom is -0.392 e. The third kappa shape index (κ3) is 2.46. The van der Waals surface area contributed by atoms with Crippen LogP contribution in [0.1, 0.15) is 22.3 Å². The molecule has 0 atom stereocenters. The van der Waals surface area contributed by atoms with Gasteiger partial charge >= 0.3 is 0 Å². The molecule has 1 aromatic carbocycles. The molecular weight excluding hydrogens is 422 g/mol. The van der Waals surface area contributed by atoms with Crippen LogP contribution in [0.4, 0.5) is 0 Å². The zero-order valence-corrected chi connectivity index (χ0v) is 12.5. The van der Waals surface area contributed by atoms with Crippen molar-refractivity contribution in [2.45, 2.75) is 26.7 Å². The van der Waals surface area contributed by atoms with Crippen molar-refractivity contribution in [1.82, 2.24) is 0 Å². The molecule has 0 saturated carbocycles. The third-order valence-corrected chi connectivity index (χ3v) is 5.04. The summed E-state index contributed by atoms with van der Waals surface area (Å²) < 4.78 is 1.77. The van der Waals surface area contributed by atoms with Crippen LogP contribution in [0.3, 0.4) is 0 Å². The Morgan fingerprint density at radius 3 is 1.40 bits per heavy atom. The first kappa shape index (κ1) is 13.6. The number of rotatable bonds is 3. The molecule has 0 heterocycles. The molecule has 0 aliphatic heterocycles. The van der Waals surface area contributed by atoms with Crippen molar-refractivity contribution in [3.8, 4) is 0 Å². The molecule has 5 heteroatoms. The lowest BCUT2D eigenvalue weighted by atomic mass is 9.99. The molecule has 0 unspecified atom stereocenters. The van der Waals surface area contributed by atoms with Crippen LogP contribution in [0, 0.1) is 14.1 Å². The summed E-state index contributed by atoms with van der Waals surface area (Å²) in [6.45, 7) is 1.67. The molecule has 0 radical (unpaired) electrons. The van der Waals surface area contributed by atoms with Gasteiger partial charge in [-0.15, -0.1) is 0 Å². The van der Waals surface area contributed by atoms with E-state index in [-0.39, 0.29) is 19.8 Å². The quantitative estimate of drug-likeness (QED) is 0.635. The Kier molecular flexibility index (Phi) is 5.23. The highest BCUT2D eigenvalue weighted by Crippen LogP contribution is 2.30. The van der Waals surface area contributed by atoms with Gasteiger partial charge in [-0.25, -0.2) is 0 Å². The van der Waals surface area contributed by atoms with Crippen molar-refractivity contribution in [2.24, 2.45) is 0 Å². The Balaban J connectivity index is 3.57. The number of halogens is 2. The van der Waals surface area contributed by atoms with Gasteiger partial charge in [0.05, 0.1) is 19.8 Å². The van der Waals surface area contributed by atoms with E-state index in [4.69, 9.17) is 0 Å². The molecule has 0 aliphatic carbocycles. The SMILES string of the molecule is Cc1c(CO)c(I)c(CO)c(I)c1CO. The second kappa shape index (κ2) is 5.76. The summed E-state index contributed by atoms with van der Waals surface area (Å²) in [4.78, 5) is 0. The van der Waals surface area contributed by atoms with Crippen LogP contribution in [-0.4, -0.2) is 15.3 Å². The van der Waals surface area contributed by atoms with Gasteiger partial charge in [0.25, 0.3) is 0 Å². The number of hydrogen-bond donors (Lipinski definition) is 3. The van der Waals surface area contributed by atoms with E-state index < -0.39 is 0 Å². The predicted molar refractivity (Wildman–Crippen MR) is 74.4 cm³/mol. The summed E-state index contributed by atoms with van der Waals surface area (Å²) in [6, 6.07) is 0. The van der Waals surface area contributed by atoms with E-state index in [1.54, 1.807) is 0 Å². The van der Waals surface area contributed by atoms with Crippen molar-refractivity contribution in [2.75, 3.05) is 0 Å². The zero-order valence-electron chi connectivity index (χ0n) is 8.22. The lowest BCUT2D eigenvalue weighted by molar-refractivity contribution is 0.265. The van der Waals surface area contributed by atoms with Crippen LogP contribution in [-0.2, 0) is 19.8 Å². The summed E-state index contributed by atoms with van der Waals surface area (Å²) >= 11 is 4.24. The number of benzene rings is 1. The fraction of sp³-hybridized carbons (Fsp3) is 0.400. The van der Waals surface area contributed by atoms with Crippen LogP contribution in [0.15, 0.2) is 0 Å². The fourth-order valence-corrected chi connectivity index (χ4v) is 4.03. The van der Waals surface area contributed by atoms with Crippen LogP contribution < -0.4 is 0 Å². The van der Waals surface area contributed by atoms with E-state index in [1.807, 2.05) is 6.92 Å². The average Bonchev–Trinajstić information content (AvgIpc) is 2.19. The minimum absolute atomic E-state index is 0.0684. The van der Waals surface area contributed by atoms with E-state index in [9.17, 15) is 15.3 Å². The van der Waals surface area contributed by atoms with Crippen molar-refractivity contribution >= 4 is 45.2 Å². The maximum Gasteiger partial charge on any atom is 0.0702 e. The van der Waals surface area contributed by atoms with Gasteiger partial charge in [0, 0.05) is 12.7 Å². The molecule has 3 nitrogen and oxygen atoms in total. The van der Waals surface area contributed by atoms with Gasteiger partial charge < -0.3 is 15.3 Å². The highest BCUT2D eigenvalue weighted by atomic mass is 127. The second-order valence-corrected chi connectivity index (χ2v) is 5.32. The molecule has 0 amide bonds. The first-order valence-electron chi connectivity index (χ1n) is 4.39. The standard InChI is InChI=1S/C10H12I2O3/c1-5-6(2-13)9(11)8(4-15)10(12)7(5)3-14/h13-15H,2-4H2,1H3. The third-order valence-electron chi connectivity index (χ3n) is 2.44. The zero-order chi connectivity index (χ0) is 11.6. The molecule has 0 aliphatic rings. The van der Waals surface area contributed by atoms with Gasteiger partial charge in [-0.3, -0.25) is 0 Å². The van der Waals surface area contributed by atoms with Gasteiger partial charge in [0.1, 0.15) is 0 Å². The van der Waals surface area contributed by atoms with Crippen LogP contribution in [0.5, 0.6) is 0 Å². The first-order valence-corrected chi connectivity index (χ1v) is 6.54. The Bertz CT molecular complexity index is 299. The topological polar surface area (TPSA) is 60.7 Å². The van der Waals surface area contributed by atoms with Gasteiger partial charge in [-0.2, -0.15) is 0 Å². The molecule has 0 aromatic heterocycles. The van der Waals surface area contributed by atoms with Crippen LogP contribution in [0.2, 0.25) is 0 Å². The molecule has 15 heavy (non-hydrogen) atoms. The summed E-state index contributed by atoms with van der Waals surface area (Å²) in [5, 5.41) is 27.8. The number of aliphatic hydroxyl groups excluding tert-OH is 3. The molecule has 1 aromatic rings. The second-order valence-electron chi connectivity index (χ2n) is 3.16. The van der Waals surface area contributed by atoms with Gasteiger partial charge in [0.15, 0.2) is 0 Å². The normalized spacial score (nSPS) is 10.8. The Morgan fingerprint density at radius 2 is 1.13 bits per heavy atom. The largest absolute Gasteiger partial charge is 0.392 e. The molecule has 84 valence electrons. The van der Waals surface area contributed by atoms with Gasteiger partial charge in [0.2, 0.25) is 0 Å². The fourth-order valence-electron chi connectivity index (χ4n) is 1.49. The number of aliphatic hydroxyl groups is 3. The Hall–Kier alpha value is 0.560. The molecule has 0 bridgehead atoms. The molecule has 3 N–H and O–H groups in total. The smallest absolute Gasteiger partial charge is 0.0702 e. The lowest BCUT2D eigenvalue weighted by Crippen LogP contribution is -2.08. The van der Waals surface area contributed by atoms with Crippen LogP contribution in [0.25, 0.3) is 0 Å². The molecule has 0 saturated heterocycles. The van der Waals surface area contributed by atoms with E-state index in [0.29, 0.717) is 0 Å². The van der Waals surface area contributed by atoms with Crippen molar-refractivity contribution < 1.29 is 15.3 Å². The summed E-state index contributed by atoms with van der Waals surface area (Å²) in [6.07, 6.45) is 0. The Labute approximate surface area is 116 Å². The molecule has 1 rings (SSSR count). The lowest BCUT2D eigenvalue weighted by Gasteiger charge is -2.17. The van der Waals surface area contributed by atoms with E-state index >= 15 is 0 Å². The van der Waals surface area contributed by atoms with Crippen molar-refractivity contribution in [1.29, 1.82) is 0 Å². The van der Waals surface area contributed by atoms with Crippen molar-refractivity contribution in [3.05, 3.63) is 29.4 Å². The average molecular weight is 434 g/mol.